The Kier molecular flexibility index (Phi) is 5.45. The van der Waals surface area contributed by atoms with E-state index in [0.29, 0.717) is 11.3 Å². The molecule has 0 aromatic heterocycles. The number of carbonyl (C=O) groups is 2. The van der Waals surface area contributed by atoms with Gasteiger partial charge in [0.25, 0.3) is 0 Å². The first-order valence-electron chi connectivity index (χ1n) is 7.14. The molecule has 0 radical (unpaired) electrons. The van der Waals surface area contributed by atoms with E-state index < -0.39 is 16.7 Å². The van der Waals surface area contributed by atoms with Crippen molar-refractivity contribution in [2.45, 2.75) is 23.8 Å². The van der Waals surface area contributed by atoms with Crippen LogP contribution in [0.1, 0.15) is 16.7 Å². The minimum Gasteiger partial charge on any atom is -0.480 e. The molecule has 0 spiro atoms. The van der Waals surface area contributed by atoms with Crippen molar-refractivity contribution in [1.82, 2.24) is 0 Å². The maximum Gasteiger partial charge on any atom is 0.331 e. The Labute approximate surface area is 139 Å². The maximum absolute atomic E-state index is 11.8. The molecule has 0 heterocycles. The second-order valence-electron chi connectivity index (χ2n) is 5.37. The highest BCUT2D eigenvalue weighted by Crippen LogP contribution is 2.33. The van der Waals surface area contributed by atoms with Crippen LogP contribution in [0.4, 0.5) is 0 Å². The number of aliphatic carboxylic acids is 2. The molecule has 2 aromatic carbocycles. The van der Waals surface area contributed by atoms with Gasteiger partial charge in [-0.2, -0.15) is 0 Å². The zero-order valence-electron chi connectivity index (χ0n) is 12.7. The lowest BCUT2D eigenvalue weighted by atomic mass is 9.98. The Hall–Kier alpha value is -2.27. The Morgan fingerprint density at radius 3 is 2.00 bits per heavy atom. The van der Waals surface area contributed by atoms with Gasteiger partial charge in [-0.25, -0.2) is 0 Å². The first-order valence-corrected chi connectivity index (χ1v) is 8.13. The standard InChI is InChI=1S/C18H18O4S/c1-13-7-9-14(10-8-13)11-18(16(19)20,17(21)22)23-12-15-5-3-2-4-6-15/h2-10H,11-12H2,1H3,(H,19,20)(H,21,22). The minimum absolute atomic E-state index is 0.0601. The molecule has 0 saturated heterocycles. The molecule has 0 aliphatic carbocycles. The van der Waals surface area contributed by atoms with Crippen molar-refractivity contribution < 1.29 is 19.8 Å². The van der Waals surface area contributed by atoms with Crippen LogP contribution in [0.25, 0.3) is 0 Å². The van der Waals surface area contributed by atoms with Gasteiger partial charge < -0.3 is 10.2 Å². The van der Waals surface area contributed by atoms with Gasteiger partial charge in [0, 0.05) is 12.2 Å². The van der Waals surface area contributed by atoms with Gasteiger partial charge in [-0.05, 0) is 18.1 Å². The number of carboxylic acids is 2. The van der Waals surface area contributed by atoms with E-state index in [0.717, 1.165) is 22.9 Å². The van der Waals surface area contributed by atoms with Crippen LogP contribution in [-0.2, 0) is 21.8 Å². The Balaban J connectivity index is 2.26. The van der Waals surface area contributed by atoms with E-state index in [1.165, 1.54) is 0 Å². The normalized spacial score (nSPS) is 11.2. The lowest BCUT2D eigenvalue weighted by Crippen LogP contribution is -2.45. The third-order valence-corrected chi connectivity index (χ3v) is 5.06. The minimum atomic E-state index is -1.90. The Bertz CT molecular complexity index is 666. The van der Waals surface area contributed by atoms with Crippen molar-refractivity contribution in [3.63, 3.8) is 0 Å². The van der Waals surface area contributed by atoms with E-state index in [2.05, 4.69) is 0 Å². The van der Waals surface area contributed by atoms with Crippen LogP contribution in [-0.4, -0.2) is 26.9 Å². The summed E-state index contributed by atoms with van der Waals surface area (Å²) in [5, 5.41) is 19.2. The second kappa shape index (κ2) is 7.33. The molecule has 0 bridgehead atoms. The summed E-state index contributed by atoms with van der Waals surface area (Å²) in [6.45, 7) is 1.93. The maximum atomic E-state index is 11.8. The van der Waals surface area contributed by atoms with Gasteiger partial charge in [0.1, 0.15) is 0 Å². The molecule has 0 amide bonds. The summed E-state index contributed by atoms with van der Waals surface area (Å²) in [7, 11) is 0. The highest BCUT2D eigenvalue weighted by Gasteiger charge is 2.47. The average Bonchev–Trinajstić information content (AvgIpc) is 2.53. The molecule has 2 rings (SSSR count). The SMILES string of the molecule is Cc1ccc(CC(SCc2ccccc2)(C(=O)O)C(=O)O)cc1. The zero-order valence-corrected chi connectivity index (χ0v) is 13.5. The van der Waals surface area contributed by atoms with E-state index >= 15 is 0 Å². The van der Waals surface area contributed by atoms with Gasteiger partial charge >= 0.3 is 11.9 Å². The number of hydrogen-bond acceptors (Lipinski definition) is 3. The third-order valence-electron chi connectivity index (χ3n) is 3.59. The number of hydrogen-bond donors (Lipinski definition) is 2. The molecule has 0 saturated carbocycles. The highest BCUT2D eigenvalue weighted by molar-refractivity contribution is 8.01. The van der Waals surface area contributed by atoms with Gasteiger partial charge in [-0.3, -0.25) is 9.59 Å². The molecule has 0 aliphatic heterocycles. The van der Waals surface area contributed by atoms with Crippen LogP contribution in [0.15, 0.2) is 54.6 Å². The summed E-state index contributed by atoms with van der Waals surface area (Å²) in [5.41, 5.74) is 2.64. The first-order chi connectivity index (χ1) is 10.9. The number of rotatable bonds is 7. The van der Waals surface area contributed by atoms with E-state index in [-0.39, 0.29) is 6.42 Å². The predicted molar refractivity (Wildman–Crippen MR) is 90.6 cm³/mol. The fourth-order valence-corrected chi connectivity index (χ4v) is 3.31. The summed E-state index contributed by atoms with van der Waals surface area (Å²) >= 11 is 0.938. The van der Waals surface area contributed by atoms with Crippen LogP contribution < -0.4 is 0 Å². The van der Waals surface area contributed by atoms with E-state index in [1.807, 2.05) is 49.4 Å². The lowest BCUT2D eigenvalue weighted by Gasteiger charge is -2.24. The van der Waals surface area contributed by atoms with E-state index in [4.69, 9.17) is 0 Å². The third kappa shape index (κ3) is 4.13. The Morgan fingerprint density at radius 1 is 0.913 bits per heavy atom. The summed E-state index contributed by atoms with van der Waals surface area (Å²) in [6, 6.07) is 16.5. The monoisotopic (exact) mass is 330 g/mol. The van der Waals surface area contributed by atoms with Crippen molar-refractivity contribution >= 4 is 23.7 Å². The number of carboxylic acid groups (broad SMARTS) is 2. The summed E-state index contributed by atoms with van der Waals surface area (Å²) in [4.78, 5) is 23.5. The highest BCUT2D eigenvalue weighted by atomic mass is 32.2. The topological polar surface area (TPSA) is 74.6 Å². The molecule has 0 fully saturated rings. The summed E-state index contributed by atoms with van der Waals surface area (Å²) < 4.78 is -1.90. The molecular weight excluding hydrogens is 312 g/mol. The van der Waals surface area contributed by atoms with Crippen molar-refractivity contribution in [2.24, 2.45) is 0 Å². The molecule has 5 heteroatoms. The molecule has 23 heavy (non-hydrogen) atoms. The van der Waals surface area contributed by atoms with Crippen LogP contribution in [0.3, 0.4) is 0 Å². The van der Waals surface area contributed by atoms with Crippen LogP contribution in [0, 0.1) is 6.92 Å². The molecule has 4 nitrogen and oxygen atoms in total. The lowest BCUT2D eigenvalue weighted by molar-refractivity contribution is -0.151. The molecule has 120 valence electrons. The molecule has 2 aromatic rings. The van der Waals surface area contributed by atoms with Gasteiger partial charge in [0.05, 0.1) is 0 Å². The quantitative estimate of drug-likeness (QED) is 0.761. The molecule has 0 aliphatic rings. The first kappa shape index (κ1) is 17.1. The average molecular weight is 330 g/mol. The van der Waals surface area contributed by atoms with Crippen molar-refractivity contribution in [2.75, 3.05) is 0 Å². The Morgan fingerprint density at radius 2 is 1.48 bits per heavy atom. The summed E-state index contributed by atoms with van der Waals surface area (Å²) in [5.74, 6) is -2.33. The predicted octanol–water partition coefficient (Wildman–Crippen LogP) is 3.38. The fraction of sp³-hybridized carbons (Fsp3) is 0.222. The van der Waals surface area contributed by atoms with Crippen molar-refractivity contribution in [1.29, 1.82) is 0 Å². The van der Waals surface area contributed by atoms with Gasteiger partial charge in [0.2, 0.25) is 4.75 Å². The summed E-state index contributed by atoms with van der Waals surface area (Å²) in [6.07, 6.45) is -0.0601. The molecule has 2 N–H and O–H groups in total. The van der Waals surface area contributed by atoms with Crippen LogP contribution in [0.2, 0.25) is 0 Å². The van der Waals surface area contributed by atoms with E-state index in [9.17, 15) is 19.8 Å². The zero-order chi connectivity index (χ0) is 16.9. The van der Waals surface area contributed by atoms with Gasteiger partial charge in [0.15, 0.2) is 0 Å². The number of thioether (sulfide) groups is 1. The van der Waals surface area contributed by atoms with Gasteiger partial charge in [-0.1, -0.05) is 60.2 Å². The van der Waals surface area contributed by atoms with Crippen LogP contribution in [0.5, 0.6) is 0 Å². The molecule has 0 unspecified atom stereocenters. The number of benzene rings is 2. The van der Waals surface area contributed by atoms with Crippen molar-refractivity contribution in [3.05, 3.63) is 71.3 Å². The van der Waals surface area contributed by atoms with E-state index in [1.54, 1.807) is 12.1 Å². The second-order valence-corrected chi connectivity index (χ2v) is 6.65. The van der Waals surface area contributed by atoms with Crippen LogP contribution >= 0.6 is 11.8 Å². The molecule has 0 atom stereocenters. The van der Waals surface area contributed by atoms with Gasteiger partial charge in [-0.15, -0.1) is 11.8 Å². The number of aryl methyl sites for hydroxylation is 1. The fourth-order valence-electron chi connectivity index (χ4n) is 2.19. The smallest absolute Gasteiger partial charge is 0.331 e. The largest absolute Gasteiger partial charge is 0.480 e. The molecular formula is C18H18O4S. The van der Waals surface area contributed by atoms with Crippen molar-refractivity contribution in [3.8, 4) is 0 Å².